The maximum atomic E-state index is 10.7. The van der Waals surface area contributed by atoms with Crippen LogP contribution in [0.15, 0.2) is 18.3 Å². The van der Waals surface area contributed by atoms with Crippen LogP contribution in [0.4, 0.5) is 5.69 Å². The molecular formula is C10H9ClN2O3S. The van der Waals surface area contributed by atoms with E-state index in [2.05, 4.69) is 4.98 Å². The first kappa shape index (κ1) is 13.7. The van der Waals surface area contributed by atoms with Crippen LogP contribution in [-0.2, 0) is 4.79 Å². The fourth-order valence-corrected chi connectivity index (χ4v) is 1.62. The lowest BCUT2D eigenvalue weighted by Crippen LogP contribution is -1.92. The van der Waals surface area contributed by atoms with Crippen molar-refractivity contribution in [3.8, 4) is 0 Å². The first-order valence-corrected chi connectivity index (χ1v) is 5.97. The molecule has 90 valence electrons. The van der Waals surface area contributed by atoms with Crippen LogP contribution in [0.25, 0.3) is 6.08 Å². The number of rotatable bonds is 4. The molecule has 0 saturated carbocycles. The Morgan fingerprint density at radius 3 is 3.00 bits per heavy atom. The van der Waals surface area contributed by atoms with Crippen molar-refractivity contribution in [3.63, 3.8) is 0 Å². The van der Waals surface area contributed by atoms with Crippen molar-refractivity contribution in [3.05, 3.63) is 39.2 Å². The van der Waals surface area contributed by atoms with Gasteiger partial charge in [-0.1, -0.05) is 35.5 Å². The molecule has 5 nitrogen and oxygen atoms in total. The molecule has 0 aliphatic rings. The second-order valence-corrected chi connectivity index (χ2v) is 4.60. The number of carbonyl (C=O) groups excluding carboxylic acids is 1. The van der Waals surface area contributed by atoms with E-state index in [4.69, 9.17) is 11.6 Å². The van der Waals surface area contributed by atoms with E-state index in [-0.39, 0.29) is 16.0 Å². The molecule has 1 aromatic rings. The van der Waals surface area contributed by atoms with Gasteiger partial charge in [0.1, 0.15) is 0 Å². The molecule has 0 bridgehead atoms. The Balaban J connectivity index is 2.75. The normalized spacial score (nSPS) is 10.7. The third-order valence-electron chi connectivity index (χ3n) is 1.73. The molecule has 1 heterocycles. The van der Waals surface area contributed by atoms with Crippen molar-refractivity contribution < 1.29 is 9.72 Å². The number of carbonyl (C=O) groups is 1. The van der Waals surface area contributed by atoms with Gasteiger partial charge in [-0.15, -0.1) is 0 Å². The maximum Gasteiger partial charge on any atom is 0.307 e. The van der Waals surface area contributed by atoms with E-state index in [0.717, 1.165) is 11.8 Å². The Hall–Kier alpha value is -1.40. The van der Waals surface area contributed by atoms with Crippen LogP contribution >= 0.6 is 23.4 Å². The third-order valence-corrected chi connectivity index (χ3v) is 2.79. The second kappa shape index (κ2) is 6.36. The van der Waals surface area contributed by atoms with Crippen molar-refractivity contribution in [2.45, 2.75) is 6.92 Å². The fraction of sp³-hybridized carbons (Fsp3) is 0.200. The summed E-state index contributed by atoms with van der Waals surface area (Å²) in [6, 6.07) is 1.34. The van der Waals surface area contributed by atoms with E-state index in [1.807, 2.05) is 0 Å². The number of halogens is 1. The molecule has 0 N–H and O–H groups in total. The van der Waals surface area contributed by atoms with Gasteiger partial charge in [0.15, 0.2) is 5.12 Å². The average molecular weight is 273 g/mol. The SMILES string of the molecule is CC(=O)SCC=Cc1cnc(Cl)c([N+](=O)[O-])c1. The molecule has 1 rings (SSSR count). The highest BCUT2D eigenvalue weighted by atomic mass is 35.5. The molecule has 0 aliphatic heterocycles. The van der Waals surface area contributed by atoms with E-state index in [1.54, 1.807) is 12.2 Å². The Kier molecular flexibility index (Phi) is 5.11. The quantitative estimate of drug-likeness (QED) is 0.479. The van der Waals surface area contributed by atoms with E-state index in [9.17, 15) is 14.9 Å². The van der Waals surface area contributed by atoms with Gasteiger partial charge in [-0.2, -0.15) is 0 Å². The van der Waals surface area contributed by atoms with Gasteiger partial charge in [0.25, 0.3) is 0 Å². The van der Waals surface area contributed by atoms with Gasteiger partial charge in [0, 0.05) is 24.9 Å². The summed E-state index contributed by atoms with van der Waals surface area (Å²) in [4.78, 5) is 24.4. The summed E-state index contributed by atoms with van der Waals surface area (Å²) >= 11 is 6.73. The predicted octanol–water partition coefficient (Wildman–Crippen LogP) is 2.94. The van der Waals surface area contributed by atoms with Gasteiger partial charge < -0.3 is 0 Å². The molecule has 0 amide bonds. The standard InChI is InChI=1S/C10H9ClN2O3S/c1-7(14)17-4-2-3-8-5-9(13(15)16)10(11)12-6-8/h2-3,5-6H,4H2,1H3. The van der Waals surface area contributed by atoms with E-state index < -0.39 is 4.92 Å². The van der Waals surface area contributed by atoms with Gasteiger partial charge in [0.05, 0.1) is 4.92 Å². The van der Waals surface area contributed by atoms with E-state index >= 15 is 0 Å². The average Bonchev–Trinajstić information content (AvgIpc) is 2.25. The molecule has 0 spiro atoms. The largest absolute Gasteiger partial charge is 0.307 e. The zero-order valence-electron chi connectivity index (χ0n) is 8.92. The summed E-state index contributed by atoms with van der Waals surface area (Å²) in [6.07, 6.45) is 4.83. The lowest BCUT2D eigenvalue weighted by Gasteiger charge is -1.96. The van der Waals surface area contributed by atoms with Crippen molar-refractivity contribution in [2.75, 3.05) is 5.75 Å². The van der Waals surface area contributed by atoms with Crippen LogP contribution in [0.1, 0.15) is 12.5 Å². The van der Waals surface area contributed by atoms with Crippen molar-refractivity contribution >= 4 is 40.2 Å². The lowest BCUT2D eigenvalue weighted by atomic mass is 10.2. The van der Waals surface area contributed by atoms with Crippen LogP contribution in [0.3, 0.4) is 0 Å². The topological polar surface area (TPSA) is 73.1 Å². The summed E-state index contributed by atoms with van der Waals surface area (Å²) in [5.41, 5.74) is 0.346. The summed E-state index contributed by atoms with van der Waals surface area (Å²) in [7, 11) is 0. The number of hydrogen-bond donors (Lipinski definition) is 0. The highest BCUT2D eigenvalue weighted by Gasteiger charge is 2.13. The fourth-order valence-electron chi connectivity index (χ4n) is 1.02. The molecule has 1 aromatic heterocycles. The first-order valence-electron chi connectivity index (χ1n) is 4.60. The van der Waals surface area contributed by atoms with Crippen LogP contribution in [-0.4, -0.2) is 20.8 Å². The highest BCUT2D eigenvalue weighted by molar-refractivity contribution is 8.13. The smallest absolute Gasteiger partial charge is 0.288 e. The second-order valence-electron chi connectivity index (χ2n) is 3.04. The van der Waals surface area contributed by atoms with Crippen molar-refractivity contribution in [2.24, 2.45) is 0 Å². The molecule has 0 aliphatic carbocycles. The number of hydrogen-bond acceptors (Lipinski definition) is 5. The number of nitro groups is 1. The zero-order valence-corrected chi connectivity index (χ0v) is 10.5. The number of thioether (sulfide) groups is 1. The summed E-state index contributed by atoms with van der Waals surface area (Å²) in [6.45, 7) is 1.48. The Morgan fingerprint density at radius 1 is 1.71 bits per heavy atom. The van der Waals surface area contributed by atoms with Gasteiger partial charge in [-0.05, 0) is 5.56 Å². The highest BCUT2D eigenvalue weighted by Crippen LogP contribution is 2.22. The molecule has 0 fully saturated rings. The van der Waals surface area contributed by atoms with Gasteiger partial charge in [-0.25, -0.2) is 4.98 Å². The minimum Gasteiger partial charge on any atom is -0.288 e. The molecule has 0 radical (unpaired) electrons. The molecule has 7 heteroatoms. The van der Waals surface area contributed by atoms with Crippen LogP contribution in [0.5, 0.6) is 0 Å². The minimum atomic E-state index is -0.586. The van der Waals surface area contributed by atoms with Crippen molar-refractivity contribution in [1.82, 2.24) is 4.98 Å². The van der Waals surface area contributed by atoms with Crippen molar-refractivity contribution in [1.29, 1.82) is 0 Å². The third kappa shape index (κ3) is 4.54. The van der Waals surface area contributed by atoms with Crippen LogP contribution in [0, 0.1) is 10.1 Å². The summed E-state index contributed by atoms with van der Waals surface area (Å²) in [5, 5.41) is 10.5. The molecule has 0 unspecified atom stereocenters. The molecule has 0 aromatic carbocycles. The van der Waals surface area contributed by atoms with Gasteiger partial charge in [0.2, 0.25) is 5.15 Å². The van der Waals surface area contributed by atoms with Gasteiger partial charge >= 0.3 is 5.69 Å². The molecular weight excluding hydrogens is 264 g/mol. The monoisotopic (exact) mass is 272 g/mol. The number of pyridine rings is 1. The van der Waals surface area contributed by atoms with E-state index in [1.165, 1.54) is 19.2 Å². The zero-order chi connectivity index (χ0) is 12.8. The van der Waals surface area contributed by atoms with E-state index in [0.29, 0.717) is 11.3 Å². The Bertz CT molecular complexity index is 477. The maximum absolute atomic E-state index is 10.7. The number of nitrogens with zero attached hydrogens (tertiary/aromatic N) is 2. The Labute approximate surface area is 107 Å². The predicted molar refractivity (Wildman–Crippen MR) is 68.1 cm³/mol. The molecule has 0 saturated heterocycles. The number of aromatic nitrogens is 1. The van der Waals surface area contributed by atoms with Crippen LogP contribution < -0.4 is 0 Å². The molecule has 17 heavy (non-hydrogen) atoms. The minimum absolute atomic E-state index is 0.0230. The Morgan fingerprint density at radius 2 is 2.41 bits per heavy atom. The van der Waals surface area contributed by atoms with Gasteiger partial charge in [-0.3, -0.25) is 14.9 Å². The summed E-state index contributed by atoms with van der Waals surface area (Å²) in [5.74, 6) is 0.520. The first-order chi connectivity index (χ1) is 8.00. The summed E-state index contributed by atoms with van der Waals surface area (Å²) < 4.78 is 0. The van der Waals surface area contributed by atoms with Crippen LogP contribution in [0.2, 0.25) is 5.15 Å². The lowest BCUT2D eigenvalue weighted by molar-refractivity contribution is -0.385. The molecule has 0 atom stereocenters.